The first-order valence-electron chi connectivity index (χ1n) is 4.98. The molecule has 0 aromatic heterocycles. The van der Waals surface area contributed by atoms with Gasteiger partial charge in [-0.15, -0.1) is 0 Å². The number of esters is 1. The standard InChI is InChI=1S/C11H17O5/c1-8(13)11(3,9(2)14)5-4-10(15)16-7-6-12/h12H,3-7H2,1-2H3/q+1. The summed E-state index contributed by atoms with van der Waals surface area (Å²) in [5.41, 5.74) is -1.36. The van der Waals surface area contributed by atoms with Crippen LogP contribution >= 0.6 is 0 Å². The lowest BCUT2D eigenvalue weighted by Crippen LogP contribution is -2.34. The van der Waals surface area contributed by atoms with Crippen molar-refractivity contribution in [1.29, 1.82) is 0 Å². The molecule has 90 valence electrons. The fraction of sp³-hybridized carbons (Fsp3) is 0.636. The SMILES string of the molecule is [CH2+]C(CCC(=O)OCCO)(C(C)=O)C(C)=O. The summed E-state index contributed by atoms with van der Waals surface area (Å²) in [7, 11) is 0. The van der Waals surface area contributed by atoms with Crippen LogP contribution in [0.25, 0.3) is 0 Å². The highest BCUT2D eigenvalue weighted by atomic mass is 16.5. The van der Waals surface area contributed by atoms with E-state index in [0.29, 0.717) is 0 Å². The van der Waals surface area contributed by atoms with Crippen molar-refractivity contribution in [3.8, 4) is 0 Å². The van der Waals surface area contributed by atoms with Crippen molar-refractivity contribution in [3.63, 3.8) is 0 Å². The zero-order chi connectivity index (χ0) is 12.8. The maximum Gasteiger partial charge on any atom is 0.306 e. The summed E-state index contributed by atoms with van der Waals surface area (Å²) in [5.74, 6) is -1.28. The summed E-state index contributed by atoms with van der Waals surface area (Å²) in [6, 6.07) is 0. The summed E-state index contributed by atoms with van der Waals surface area (Å²) in [6.45, 7) is 5.78. The molecular weight excluding hydrogens is 212 g/mol. The number of aliphatic hydroxyl groups is 1. The number of carbonyl (C=O) groups is 3. The Balaban J connectivity index is 4.29. The quantitative estimate of drug-likeness (QED) is 0.386. The van der Waals surface area contributed by atoms with Gasteiger partial charge in [-0.05, 0) is 13.8 Å². The van der Waals surface area contributed by atoms with Crippen LogP contribution < -0.4 is 0 Å². The van der Waals surface area contributed by atoms with E-state index in [9.17, 15) is 14.4 Å². The van der Waals surface area contributed by atoms with Crippen LogP contribution in [0.2, 0.25) is 0 Å². The molecule has 0 aliphatic heterocycles. The van der Waals surface area contributed by atoms with Gasteiger partial charge in [0.15, 0.2) is 11.6 Å². The number of ketones is 2. The molecule has 0 saturated carbocycles. The molecule has 0 rings (SSSR count). The summed E-state index contributed by atoms with van der Waals surface area (Å²) in [6.07, 6.45) is -0.0371. The predicted molar refractivity (Wildman–Crippen MR) is 56.4 cm³/mol. The van der Waals surface area contributed by atoms with E-state index in [1.54, 1.807) is 0 Å². The molecule has 0 unspecified atom stereocenters. The molecule has 0 bridgehead atoms. The van der Waals surface area contributed by atoms with Gasteiger partial charge in [0, 0.05) is 6.42 Å². The largest absolute Gasteiger partial charge is 0.463 e. The number of hydrogen-bond acceptors (Lipinski definition) is 5. The van der Waals surface area contributed by atoms with Crippen LogP contribution in [-0.2, 0) is 19.1 Å². The average Bonchev–Trinajstić information content (AvgIpc) is 2.22. The van der Waals surface area contributed by atoms with Gasteiger partial charge in [-0.2, -0.15) is 0 Å². The van der Waals surface area contributed by atoms with Crippen molar-refractivity contribution in [1.82, 2.24) is 0 Å². The number of ether oxygens (including phenoxy) is 1. The van der Waals surface area contributed by atoms with Crippen molar-refractivity contribution in [3.05, 3.63) is 6.92 Å². The molecule has 0 aliphatic carbocycles. The van der Waals surface area contributed by atoms with E-state index in [2.05, 4.69) is 11.7 Å². The molecule has 5 heteroatoms. The van der Waals surface area contributed by atoms with E-state index in [4.69, 9.17) is 5.11 Å². The van der Waals surface area contributed by atoms with Crippen LogP contribution in [0.15, 0.2) is 0 Å². The van der Waals surface area contributed by atoms with Gasteiger partial charge in [0.2, 0.25) is 5.41 Å². The molecular formula is C11H17O5+. The van der Waals surface area contributed by atoms with E-state index in [1.807, 2.05) is 0 Å². The smallest absolute Gasteiger partial charge is 0.306 e. The maximum absolute atomic E-state index is 11.3. The Bertz CT molecular complexity index is 268. The average molecular weight is 229 g/mol. The van der Waals surface area contributed by atoms with Crippen molar-refractivity contribution in [2.24, 2.45) is 5.41 Å². The Morgan fingerprint density at radius 3 is 2.12 bits per heavy atom. The van der Waals surface area contributed by atoms with Gasteiger partial charge in [-0.25, -0.2) is 0 Å². The lowest BCUT2D eigenvalue weighted by Gasteiger charge is -2.15. The lowest BCUT2D eigenvalue weighted by molar-refractivity contribution is -0.145. The molecule has 16 heavy (non-hydrogen) atoms. The van der Waals surface area contributed by atoms with Crippen LogP contribution in [0.1, 0.15) is 26.7 Å². The normalized spacial score (nSPS) is 10.9. The van der Waals surface area contributed by atoms with Crippen molar-refractivity contribution >= 4 is 17.5 Å². The number of Topliss-reactive ketones (excluding diaryl/α,β-unsaturated/α-hetero) is 2. The van der Waals surface area contributed by atoms with E-state index < -0.39 is 11.4 Å². The Morgan fingerprint density at radius 1 is 1.25 bits per heavy atom. The molecule has 0 spiro atoms. The van der Waals surface area contributed by atoms with Crippen LogP contribution in [0.3, 0.4) is 0 Å². The molecule has 0 aliphatic rings. The van der Waals surface area contributed by atoms with E-state index in [1.165, 1.54) is 13.8 Å². The van der Waals surface area contributed by atoms with Gasteiger partial charge < -0.3 is 9.84 Å². The van der Waals surface area contributed by atoms with E-state index in [-0.39, 0.29) is 37.6 Å². The summed E-state index contributed by atoms with van der Waals surface area (Å²) < 4.78 is 4.61. The highest BCUT2D eigenvalue weighted by Gasteiger charge is 2.43. The predicted octanol–water partition coefficient (Wildman–Crippen LogP) is 0.301. The van der Waals surface area contributed by atoms with Gasteiger partial charge in [0.05, 0.1) is 20.0 Å². The van der Waals surface area contributed by atoms with Crippen LogP contribution in [-0.4, -0.2) is 35.9 Å². The number of hydrogen-bond donors (Lipinski definition) is 1. The zero-order valence-corrected chi connectivity index (χ0v) is 9.62. The first-order valence-corrected chi connectivity index (χ1v) is 4.98. The molecule has 0 amide bonds. The second kappa shape index (κ2) is 6.27. The van der Waals surface area contributed by atoms with E-state index >= 15 is 0 Å². The first-order chi connectivity index (χ1) is 7.34. The Hall–Kier alpha value is -1.36. The van der Waals surface area contributed by atoms with Gasteiger partial charge in [0.25, 0.3) is 0 Å². The highest BCUT2D eigenvalue weighted by molar-refractivity contribution is 6.06. The molecule has 0 saturated heterocycles. The Morgan fingerprint density at radius 2 is 1.75 bits per heavy atom. The van der Waals surface area contributed by atoms with Gasteiger partial charge >= 0.3 is 5.97 Å². The van der Waals surface area contributed by atoms with Crippen molar-refractivity contribution in [2.45, 2.75) is 26.7 Å². The molecule has 0 atom stereocenters. The second-order valence-electron chi connectivity index (χ2n) is 3.64. The van der Waals surface area contributed by atoms with Crippen LogP contribution in [0.5, 0.6) is 0 Å². The van der Waals surface area contributed by atoms with Gasteiger partial charge in [0.1, 0.15) is 6.61 Å². The minimum absolute atomic E-state index is 0.0297. The maximum atomic E-state index is 11.3. The first kappa shape index (κ1) is 14.6. The number of aliphatic hydroxyl groups excluding tert-OH is 1. The number of carbonyl (C=O) groups excluding carboxylic acids is 3. The zero-order valence-electron chi connectivity index (χ0n) is 9.62. The monoisotopic (exact) mass is 229 g/mol. The Labute approximate surface area is 94.8 Å². The fourth-order valence-electron chi connectivity index (χ4n) is 1.15. The molecule has 0 aromatic carbocycles. The third-order valence-corrected chi connectivity index (χ3v) is 2.46. The second-order valence-corrected chi connectivity index (χ2v) is 3.64. The topological polar surface area (TPSA) is 80.7 Å². The minimum atomic E-state index is -1.36. The van der Waals surface area contributed by atoms with Gasteiger partial charge in [-0.1, -0.05) is 0 Å². The van der Waals surface area contributed by atoms with Gasteiger partial charge in [-0.3, -0.25) is 14.4 Å². The van der Waals surface area contributed by atoms with Crippen molar-refractivity contribution in [2.75, 3.05) is 13.2 Å². The molecule has 5 nitrogen and oxygen atoms in total. The number of rotatable bonds is 7. The third-order valence-electron chi connectivity index (χ3n) is 2.46. The molecule has 0 heterocycles. The molecule has 0 fully saturated rings. The third kappa shape index (κ3) is 4.02. The van der Waals surface area contributed by atoms with E-state index in [0.717, 1.165) is 0 Å². The fourth-order valence-corrected chi connectivity index (χ4v) is 1.15. The molecule has 1 N–H and O–H groups in total. The van der Waals surface area contributed by atoms with Crippen molar-refractivity contribution < 1.29 is 24.2 Å². The summed E-state index contributed by atoms with van der Waals surface area (Å²) in [5, 5.41) is 8.42. The summed E-state index contributed by atoms with van der Waals surface area (Å²) >= 11 is 0. The molecule has 0 aromatic rings. The highest BCUT2D eigenvalue weighted by Crippen LogP contribution is 2.25. The van der Waals surface area contributed by atoms with Crippen LogP contribution in [0.4, 0.5) is 0 Å². The minimum Gasteiger partial charge on any atom is -0.463 e. The van der Waals surface area contributed by atoms with Crippen LogP contribution in [0, 0.1) is 12.3 Å². The molecule has 0 radical (unpaired) electrons. The summed E-state index contributed by atoms with van der Waals surface area (Å²) in [4.78, 5) is 33.6. The lowest BCUT2D eigenvalue weighted by atomic mass is 9.78. The Kier molecular flexibility index (Phi) is 5.74.